The van der Waals surface area contributed by atoms with Crippen LogP contribution in [0.4, 0.5) is 17.6 Å². The number of nitrogens with one attached hydrogen (secondary N) is 1. The molecule has 12 heteroatoms. The summed E-state index contributed by atoms with van der Waals surface area (Å²) >= 11 is 0. The van der Waals surface area contributed by atoms with Crippen LogP contribution in [0.15, 0.2) is 47.4 Å². The second kappa shape index (κ2) is 9.39. The molecule has 0 spiro atoms. The summed E-state index contributed by atoms with van der Waals surface area (Å²) in [5.41, 5.74) is -1.19. The molecule has 0 saturated carbocycles. The highest BCUT2D eigenvalue weighted by atomic mass is 32.2. The van der Waals surface area contributed by atoms with E-state index in [1.165, 1.54) is 29.2 Å². The van der Waals surface area contributed by atoms with Gasteiger partial charge in [-0.3, -0.25) is 9.59 Å². The van der Waals surface area contributed by atoms with Crippen molar-refractivity contribution in [2.24, 2.45) is 11.8 Å². The Labute approximate surface area is 216 Å². The largest absolute Gasteiger partial charge is 0.416 e. The monoisotopic (exact) mass is 550 g/mol. The minimum atomic E-state index is -4.73. The normalized spacial score (nSPS) is 23.4. The minimum absolute atomic E-state index is 0.0531. The maximum absolute atomic E-state index is 14.8. The topological polar surface area (TPSA) is 92.8 Å². The molecule has 1 aliphatic carbocycles. The summed E-state index contributed by atoms with van der Waals surface area (Å²) in [6, 6.07) is 5.07. The Kier molecular flexibility index (Phi) is 6.47. The standard InChI is InChI=1S/C26H22F4N2O5S/c1-38(35,36)18-4-2-3-15(9-18)25(34)32-21-8-5-14(21)10-22(32)24(33)31-23(16-12-37-13-16)19-7-6-17(11-20(19)27)26(28,29)30/h2-4,6-7,9,11,14,16,21-23H,10,12-13H2,1H3,(H,31,33)/t14-,21-,22-,23-/m1/s1. The van der Waals surface area contributed by atoms with Crippen LogP contribution in [0.5, 0.6) is 0 Å². The van der Waals surface area contributed by atoms with E-state index >= 15 is 0 Å². The van der Waals surface area contributed by atoms with Gasteiger partial charge in [0.2, 0.25) is 5.91 Å². The zero-order valence-corrected chi connectivity index (χ0v) is 20.8. The SMILES string of the molecule is CS(=O)(=O)c1cccc(C(=O)N2[C@@H](C(=O)N[C@@H](c3ccc(C(F)(F)F)cc3F)C3COC3)C[C@H]3C#C[C@H]32)c1. The van der Waals surface area contributed by atoms with Crippen molar-refractivity contribution in [2.75, 3.05) is 19.5 Å². The summed E-state index contributed by atoms with van der Waals surface area (Å²) in [5.74, 6) is 2.83. The molecule has 2 aromatic carbocycles. The minimum Gasteiger partial charge on any atom is -0.381 e. The number of hydrogen-bond acceptors (Lipinski definition) is 5. The Balaban J connectivity index is 1.42. The molecular formula is C26H22F4N2O5S. The average Bonchev–Trinajstić information content (AvgIpc) is 3.05. The first-order chi connectivity index (χ1) is 17.8. The lowest BCUT2D eigenvalue weighted by Gasteiger charge is -2.36. The third kappa shape index (κ3) is 4.76. The lowest BCUT2D eigenvalue weighted by Crippen LogP contribution is -2.52. The first kappa shape index (κ1) is 26.2. The molecule has 0 unspecified atom stereocenters. The fourth-order valence-electron chi connectivity index (χ4n) is 4.89. The van der Waals surface area contributed by atoms with Crippen LogP contribution in [0.3, 0.4) is 0 Å². The number of likely N-dealkylation sites (tertiary alicyclic amines) is 1. The molecule has 3 aliphatic rings. The number of halogens is 4. The molecule has 200 valence electrons. The van der Waals surface area contributed by atoms with Gasteiger partial charge in [0.1, 0.15) is 17.9 Å². The fourth-order valence-corrected chi connectivity index (χ4v) is 5.55. The molecule has 2 fully saturated rings. The summed E-state index contributed by atoms with van der Waals surface area (Å²) in [6.45, 7) is 0.344. The second-order valence-corrected chi connectivity index (χ2v) is 11.6. The molecule has 2 aromatic rings. The fraction of sp³-hybridized carbons (Fsp3) is 0.385. The van der Waals surface area contributed by atoms with E-state index in [1.807, 2.05) is 0 Å². The van der Waals surface area contributed by atoms with Gasteiger partial charge in [-0.25, -0.2) is 12.8 Å². The van der Waals surface area contributed by atoms with Crippen molar-refractivity contribution in [1.29, 1.82) is 0 Å². The van der Waals surface area contributed by atoms with Crippen LogP contribution < -0.4 is 5.32 Å². The van der Waals surface area contributed by atoms with E-state index < -0.39 is 57.3 Å². The summed E-state index contributed by atoms with van der Waals surface area (Å²) in [7, 11) is -3.59. The number of benzene rings is 2. The molecule has 4 atom stereocenters. The molecule has 2 amide bonds. The quantitative estimate of drug-likeness (QED) is 0.441. The Morgan fingerprint density at radius 2 is 1.87 bits per heavy atom. The van der Waals surface area contributed by atoms with Crippen LogP contribution in [0.1, 0.15) is 33.9 Å². The van der Waals surface area contributed by atoms with Gasteiger partial charge in [-0.2, -0.15) is 13.2 Å². The number of carbonyl (C=O) groups excluding carboxylic acids is 2. The smallest absolute Gasteiger partial charge is 0.381 e. The number of nitrogens with zero attached hydrogens (tertiary/aromatic N) is 1. The van der Waals surface area contributed by atoms with Crippen LogP contribution in [0, 0.1) is 29.5 Å². The van der Waals surface area contributed by atoms with Crippen molar-refractivity contribution in [3.8, 4) is 11.8 Å². The number of carbonyl (C=O) groups is 2. The number of fused-ring (bicyclic) bond motifs is 1. The van der Waals surface area contributed by atoms with Crippen LogP contribution in [0.2, 0.25) is 0 Å². The van der Waals surface area contributed by atoms with Crippen molar-refractivity contribution in [3.63, 3.8) is 0 Å². The van der Waals surface area contributed by atoms with Gasteiger partial charge in [-0.1, -0.05) is 24.0 Å². The Morgan fingerprint density at radius 3 is 2.42 bits per heavy atom. The summed E-state index contributed by atoms with van der Waals surface area (Å²) in [6.07, 6.45) is -3.50. The van der Waals surface area contributed by atoms with Gasteiger partial charge in [0.15, 0.2) is 9.84 Å². The third-order valence-corrected chi connectivity index (χ3v) is 8.16. The highest BCUT2D eigenvalue weighted by molar-refractivity contribution is 7.90. The van der Waals surface area contributed by atoms with Crippen molar-refractivity contribution in [3.05, 3.63) is 65.0 Å². The molecule has 0 aromatic heterocycles. The number of amides is 2. The average molecular weight is 551 g/mol. The van der Waals surface area contributed by atoms with Gasteiger partial charge in [-0.05, 0) is 36.8 Å². The number of rotatable bonds is 6. The first-order valence-electron chi connectivity index (χ1n) is 11.7. The van der Waals surface area contributed by atoms with Crippen LogP contribution in [-0.2, 0) is 25.5 Å². The molecular weight excluding hydrogens is 528 g/mol. The maximum Gasteiger partial charge on any atom is 0.416 e. The predicted molar refractivity (Wildman–Crippen MR) is 126 cm³/mol. The summed E-state index contributed by atoms with van der Waals surface area (Å²) < 4.78 is 83.1. The first-order valence-corrected chi connectivity index (χ1v) is 13.6. The Morgan fingerprint density at radius 1 is 1.13 bits per heavy atom. The Hall–Kier alpha value is -3.43. The molecule has 38 heavy (non-hydrogen) atoms. The van der Waals surface area contributed by atoms with Crippen LogP contribution in [-0.4, -0.2) is 56.7 Å². The van der Waals surface area contributed by atoms with Crippen molar-refractivity contribution < 1.29 is 40.3 Å². The molecule has 7 nitrogen and oxygen atoms in total. The highest BCUT2D eigenvalue weighted by Gasteiger charge is 2.49. The number of hydrogen-bond donors (Lipinski definition) is 1. The third-order valence-electron chi connectivity index (χ3n) is 7.05. The molecule has 2 saturated heterocycles. The van der Waals surface area contributed by atoms with E-state index in [9.17, 15) is 35.6 Å². The van der Waals surface area contributed by atoms with Crippen molar-refractivity contribution >= 4 is 21.7 Å². The molecule has 2 aliphatic heterocycles. The van der Waals surface area contributed by atoms with Gasteiger partial charge in [0.05, 0.1) is 35.6 Å². The van der Waals surface area contributed by atoms with Gasteiger partial charge in [0.25, 0.3) is 5.91 Å². The maximum atomic E-state index is 14.8. The lowest BCUT2D eigenvalue weighted by atomic mass is 9.89. The number of ether oxygens (including phenoxy) is 1. The zero-order chi connectivity index (χ0) is 27.4. The lowest BCUT2D eigenvalue weighted by molar-refractivity contribution is -0.138. The number of sulfone groups is 1. The molecule has 0 bridgehead atoms. The summed E-state index contributed by atoms with van der Waals surface area (Å²) in [4.78, 5) is 28.2. The second-order valence-electron chi connectivity index (χ2n) is 9.62. The van der Waals surface area contributed by atoms with E-state index in [0.717, 1.165) is 18.4 Å². The van der Waals surface area contributed by atoms with E-state index in [-0.39, 0.29) is 47.5 Å². The van der Waals surface area contributed by atoms with Gasteiger partial charge in [0, 0.05) is 23.3 Å². The van der Waals surface area contributed by atoms with Gasteiger partial charge in [-0.15, -0.1) is 0 Å². The molecule has 1 N–H and O–H groups in total. The van der Waals surface area contributed by atoms with Crippen LogP contribution in [0.25, 0.3) is 0 Å². The van der Waals surface area contributed by atoms with E-state index in [2.05, 4.69) is 17.2 Å². The Bertz CT molecular complexity index is 1480. The molecule has 5 rings (SSSR count). The molecule has 0 radical (unpaired) electrons. The van der Waals surface area contributed by atoms with Crippen molar-refractivity contribution in [1.82, 2.24) is 10.2 Å². The summed E-state index contributed by atoms with van der Waals surface area (Å²) in [5, 5.41) is 2.73. The predicted octanol–water partition coefficient (Wildman–Crippen LogP) is 2.97. The van der Waals surface area contributed by atoms with E-state index in [4.69, 9.17) is 4.74 Å². The van der Waals surface area contributed by atoms with Gasteiger partial charge >= 0.3 is 6.18 Å². The van der Waals surface area contributed by atoms with Gasteiger partial charge < -0.3 is 15.0 Å². The highest BCUT2D eigenvalue weighted by Crippen LogP contribution is 2.38. The van der Waals surface area contributed by atoms with Crippen molar-refractivity contribution in [2.45, 2.75) is 35.6 Å². The van der Waals surface area contributed by atoms with E-state index in [1.54, 1.807) is 0 Å². The molecule has 2 heterocycles. The zero-order valence-electron chi connectivity index (χ0n) is 20.0. The van der Waals surface area contributed by atoms with E-state index in [0.29, 0.717) is 6.07 Å². The van der Waals surface area contributed by atoms with Crippen LogP contribution >= 0.6 is 0 Å². The number of alkyl halides is 3.